The van der Waals surface area contributed by atoms with E-state index < -0.39 is 6.09 Å². The molecular weight excluding hydrogens is 470 g/mol. The number of aromatic nitrogens is 3. The molecule has 1 aliphatic rings. The summed E-state index contributed by atoms with van der Waals surface area (Å²) in [5.41, 5.74) is 6.45. The standard InChI is InChI=1S/C25H22ClN5O4/c26-20-11-16(34-15-5-2-1-3-6-15)8-9-18(20)22(32)19-12-28-23-21(19)24(30-14-29-23)31-10-4-7-17(13-31)35-25(27)33/h1-3,5-6,8-9,11-12,14,17H,4,7,10,13H2,(H2,27,33)(H,28,29,30). The smallest absolute Gasteiger partial charge is 0.404 e. The van der Waals surface area contributed by atoms with Crippen molar-refractivity contribution in [3.8, 4) is 11.5 Å². The van der Waals surface area contributed by atoms with Crippen LogP contribution in [0.25, 0.3) is 11.0 Å². The number of rotatable bonds is 6. The molecule has 1 atom stereocenters. The minimum Gasteiger partial charge on any atom is -0.457 e. The molecule has 3 heterocycles. The highest BCUT2D eigenvalue weighted by atomic mass is 35.5. The molecule has 2 aromatic heterocycles. The van der Waals surface area contributed by atoms with Gasteiger partial charge < -0.3 is 25.1 Å². The van der Waals surface area contributed by atoms with Crippen molar-refractivity contribution in [3.05, 3.63) is 77.2 Å². The Labute approximate surface area is 205 Å². The molecule has 2 aromatic carbocycles. The van der Waals surface area contributed by atoms with E-state index in [1.54, 1.807) is 24.4 Å². The Morgan fingerprint density at radius 3 is 2.69 bits per heavy atom. The van der Waals surface area contributed by atoms with E-state index in [9.17, 15) is 9.59 Å². The molecule has 1 saturated heterocycles. The van der Waals surface area contributed by atoms with Gasteiger partial charge in [0.1, 0.15) is 35.4 Å². The van der Waals surface area contributed by atoms with Crippen LogP contribution in [0, 0.1) is 0 Å². The summed E-state index contributed by atoms with van der Waals surface area (Å²) >= 11 is 6.50. The summed E-state index contributed by atoms with van der Waals surface area (Å²) in [6.07, 6.45) is 3.37. The second-order valence-corrected chi connectivity index (χ2v) is 8.56. The lowest BCUT2D eigenvalue weighted by atomic mass is 10.0. The number of halogens is 1. The Balaban J connectivity index is 1.45. The average molecular weight is 492 g/mol. The maximum atomic E-state index is 13.6. The molecule has 1 fully saturated rings. The number of anilines is 1. The summed E-state index contributed by atoms with van der Waals surface area (Å²) in [4.78, 5) is 38.5. The van der Waals surface area contributed by atoms with Crippen molar-refractivity contribution in [2.24, 2.45) is 5.73 Å². The number of para-hydroxylation sites is 1. The van der Waals surface area contributed by atoms with Gasteiger partial charge in [-0.3, -0.25) is 4.79 Å². The number of primary amides is 1. The topological polar surface area (TPSA) is 123 Å². The van der Waals surface area contributed by atoms with E-state index in [0.29, 0.717) is 59.0 Å². The third-order valence-electron chi connectivity index (χ3n) is 5.82. The van der Waals surface area contributed by atoms with Crippen molar-refractivity contribution in [2.45, 2.75) is 18.9 Å². The number of amides is 1. The van der Waals surface area contributed by atoms with E-state index in [-0.39, 0.29) is 16.9 Å². The SMILES string of the molecule is NC(=O)OC1CCCN(c2ncnc3[nH]cc(C(=O)c4ccc(Oc5ccccc5)cc4Cl)c23)C1. The number of carbonyl (C=O) groups is 2. The van der Waals surface area contributed by atoms with E-state index in [0.717, 1.165) is 6.42 Å². The van der Waals surface area contributed by atoms with Gasteiger partial charge in [0.2, 0.25) is 0 Å². The van der Waals surface area contributed by atoms with Gasteiger partial charge in [0.15, 0.2) is 5.78 Å². The lowest BCUT2D eigenvalue weighted by Crippen LogP contribution is -2.42. The van der Waals surface area contributed by atoms with Crippen LogP contribution in [0.4, 0.5) is 10.6 Å². The first-order chi connectivity index (χ1) is 17.0. The van der Waals surface area contributed by atoms with E-state index in [2.05, 4.69) is 15.0 Å². The monoisotopic (exact) mass is 491 g/mol. The summed E-state index contributed by atoms with van der Waals surface area (Å²) in [6.45, 7) is 1.11. The first-order valence-electron chi connectivity index (χ1n) is 11.1. The van der Waals surface area contributed by atoms with Gasteiger partial charge in [-0.1, -0.05) is 29.8 Å². The van der Waals surface area contributed by atoms with Gasteiger partial charge in [0.25, 0.3) is 0 Å². The van der Waals surface area contributed by atoms with Crippen LogP contribution in [0.2, 0.25) is 5.02 Å². The van der Waals surface area contributed by atoms with E-state index in [1.807, 2.05) is 35.2 Å². The zero-order valence-electron chi connectivity index (χ0n) is 18.6. The predicted molar refractivity (Wildman–Crippen MR) is 131 cm³/mol. The van der Waals surface area contributed by atoms with Gasteiger partial charge in [-0.15, -0.1) is 0 Å². The molecule has 9 nitrogen and oxygen atoms in total. The Hall–Kier alpha value is -4.11. The largest absolute Gasteiger partial charge is 0.457 e. The molecule has 178 valence electrons. The molecule has 5 rings (SSSR count). The van der Waals surface area contributed by atoms with Crippen molar-refractivity contribution in [1.82, 2.24) is 15.0 Å². The number of hydrogen-bond acceptors (Lipinski definition) is 7. The lowest BCUT2D eigenvalue weighted by Gasteiger charge is -2.33. The van der Waals surface area contributed by atoms with Crippen LogP contribution < -0.4 is 15.4 Å². The molecule has 0 spiro atoms. The first-order valence-corrected chi connectivity index (χ1v) is 11.5. The normalized spacial score (nSPS) is 15.7. The lowest BCUT2D eigenvalue weighted by molar-refractivity contribution is 0.0964. The van der Waals surface area contributed by atoms with Gasteiger partial charge >= 0.3 is 6.09 Å². The molecule has 3 N–H and O–H groups in total. The van der Waals surface area contributed by atoms with Gasteiger partial charge in [0.05, 0.1) is 22.5 Å². The van der Waals surface area contributed by atoms with Crippen LogP contribution in [0.5, 0.6) is 11.5 Å². The Bertz CT molecular complexity index is 1390. The number of fused-ring (bicyclic) bond motifs is 1. The van der Waals surface area contributed by atoms with Crippen molar-refractivity contribution in [3.63, 3.8) is 0 Å². The number of carbonyl (C=O) groups excluding carboxylic acids is 2. The van der Waals surface area contributed by atoms with Crippen LogP contribution in [0.3, 0.4) is 0 Å². The third-order valence-corrected chi connectivity index (χ3v) is 6.13. The zero-order chi connectivity index (χ0) is 24.4. The molecule has 10 heteroatoms. The predicted octanol–water partition coefficient (Wildman–Crippen LogP) is 4.70. The van der Waals surface area contributed by atoms with Gasteiger partial charge in [0, 0.05) is 24.4 Å². The molecular formula is C25H22ClN5O4. The van der Waals surface area contributed by atoms with E-state index in [4.69, 9.17) is 26.8 Å². The molecule has 0 aliphatic carbocycles. The number of nitrogens with two attached hydrogens (primary N) is 1. The number of H-pyrrole nitrogens is 1. The highest BCUT2D eigenvalue weighted by Crippen LogP contribution is 2.33. The number of hydrogen-bond donors (Lipinski definition) is 2. The maximum absolute atomic E-state index is 13.6. The van der Waals surface area contributed by atoms with Gasteiger partial charge in [-0.2, -0.15) is 0 Å². The number of nitrogens with one attached hydrogen (secondary N) is 1. The number of aromatic amines is 1. The molecule has 35 heavy (non-hydrogen) atoms. The molecule has 1 unspecified atom stereocenters. The number of piperidine rings is 1. The molecule has 0 bridgehead atoms. The van der Waals surface area contributed by atoms with Crippen LogP contribution in [-0.4, -0.2) is 46.0 Å². The zero-order valence-corrected chi connectivity index (χ0v) is 19.4. The summed E-state index contributed by atoms with van der Waals surface area (Å²) in [7, 11) is 0. The van der Waals surface area contributed by atoms with Crippen molar-refractivity contribution in [1.29, 1.82) is 0 Å². The summed E-state index contributed by atoms with van der Waals surface area (Å²) < 4.78 is 11.0. The molecule has 0 saturated carbocycles. The number of nitrogens with zero attached hydrogens (tertiary/aromatic N) is 3. The minimum atomic E-state index is -0.809. The number of benzene rings is 2. The van der Waals surface area contributed by atoms with Gasteiger partial charge in [-0.25, -0.2) is 14.8 Å². The second-order valence-electron chi connectivity index (χ2n) is 8.16. The second kappa shape index (κ2) is 9.63. The summed E-state index contributed by atoms with van der Waals surface area (Å²) in [5, 5.41) is 0.849. The third kappa shape index (κ3) is 4.76. The molecule has 4 aromatic rings. The number of ketones is 1. The van der Waals surface area contributed by atoms with Crippen molar-refractivity contribution in [2.75, 3.05) is 18.0 Å². The Kier molecular flexibility index (Phi) is 6.24. The first kappa shape index (κ1) is 22.7. The summed E-state index contributed by atoms with van der Waals surface area (Å²) in [5.74, 6) is 1.50. The van der Waals surface area contributed by atoms with Crippen LogP contribution in [0.1, 0.15) is 28.8 Å². The molecule has 1 amide bonds. The average Bonchev–Trinajstić information content (AvgIpc) is 3.29. The van der Waals surface area contributed by atoms with E-state index in [1.165, 1.54) is 6.33 Å². The fraction of sp³-hybridized carbons (Fsp3) is 0.200. The highest BCUT2D eigenvalue weighted by molar-refractivity contribution is 6.35. The number of ether oxygens (including phenoxy) is 2. The van der Waals surface area contributed by atoms with Crippen LogP contribution >= 0.6 is 11.6 Å². The van der Waals surface area contributed by atoms with Crippen molar-refractivity contribution >= 4 is 40.3 Å². The Morgan fingerprint density at radius 1 is 1.09 bits per heavy atom. The fourth-order valence-electron chi connectivity index (χ4n) is 4.27. The van der Waals surface area contributed by atoms with Crippen LogP contribution in [0.15, 0.2) is 61.1 Å². The van der Waals surface area contributed by atoms with Gasteiger partial charge in [-0.05, 0) is 37.1 Å². The maximum Gasteiger partial charge on any atom is 0.404 e. The summed E-state index contributed by atoms with van der Waals surface area (Å²) in [6, 6.07) is 14.3. The molecule has 0 radical (unpaired) electrons. The minimum absolute atomic E-state index is 0.268. The molecule has 1 aliphatic heterocycles. The van der Waals surface area contributed by atoms with Crippen LogP contribution in [-0.2, 0) is 4.74 Å². The van der Waals surface area contributed by atoms with E-state index >= 15 is 0 Å². The van der Waals surface area contributed by atoms with Crippen molar-refractivity contribution < 1.29 is 19.1 Å². The quantitative estimate of drug-likeness (QED) is 0.375. The highest BCUT2D eigenvalue weighted by Gasteiger charge is 2.27. The fourth-order valence-corrected chi connectivity index (χ4v) is 4.53. The Morgan fingerprint density at radius 2 is 1.91 bits per heavy atom.